The number of nitrogens with one attached hydrogen (secondary N) is 1. The van der Waals surface area contributed by atoms with Gasteiger partial charge in [0.2, 0.25) is 0 Å². The second-order valence-corrected chi connectivity index (χ2v) is 7.68. The van der Waals surface area contributed by atoms with Crippen LogP contribution in [0.1, 0.15) is 24.2 Å². The van der Waals surface area contributed by atoms with Crippen LogP contribution in [0.15, 0.2) is 29.2 Å². The van der Waals surface area contributed by atoms with Crippen molar-refractivity contribution in [3.05, 3.63) is 29.8 Å². The van der Waals surface area contributed by atoms with Crippen LogP contribution in [-0.4, -0.2) is 32.1 Å². The van der Waals surface area contributed by atoms with Gasteiger partial charge in [0.1, 0.15) is 0 Å². The van der Waals surface area contributed by atoms with Gasteiger partial charge < -0.3 is 11.1 Å². The van der Waals surface area contributed by atoms with E-state index in [1.54, 1.807) is 0 Å². The van der Waals surface area contributed by atoms with Crippen molar-refractivity contribution < 1.29 is 13.2 Å². The van der Waals surface area contributed by atoms with E-state index in [1.807, 2.05) is 13.8 Å². The number of hydrogen-bond acceptors (Lipinski definition) is 4. The Kier molecular flexibility index (Phi) is 4.88. The Morgan fingerprint density at radius 2 is 1.80 bits per heavy atom. The lowest BCUT2D eigenvalue weighted by atomic mass is 9.93. The fraction of sp³-hybridized carbons (Fsp3) is 0.385. The van der Waals surface area contributed by atoms with Crippen molar-refractivity contribution in [3.8, 4) is 0 Å². The van der Waals surface area contributed by atoms with Gasteiger partial charge >= 0.3 is 0 Å². The summed E-state index contributed by atoms with van der Waals surface area (Å²) in [7, 11) is -3.26. The smallest absolute Gasteiger partial charge is 0.251 e. The quantitative estimate of drug-likeness (QED) is 0.795. The van der Waals surface area contributed by atoms with Crippen LogP contribution in [0.5, 0.6) is 0 Å². The lowest BCUT2D eigenvalue weighted by Gasteiger charge is -2.23. The third-order valence-electron chi connectivity index (χ3n) is 2.90. The van der Waals surface area contributed by atoms with Crippen LogP contribution < -0.4 is 11.1 Å². The van der Waals surface area contributed by atoms with Crippen molar-refractivity contribution >= 4 is 33.0 Å². The normalized spacial score (nSPS) is 11.9. The average Bonchev–Trinajstić information content (AvgIpc) is 2.35. The molecule has 0 atom stereocenters. The largest absolute Gasteiger partial charge is 0.393 e. The first kappa shape index (κ1) is 16.6. The second-order valence-electron chi connectivity index (χ2n) is 5.23. The van der Waals surface area contributed by atoms with Crippen molar-refractivity contribution in [2.45, 2.75) is 18.7 Å². The van der Waals surface area contributed by atoms with Crippen molar-refractivity contribution in [2.75, 3.05) is 12.8 Å². The van der Waals surface area contributed by atoms with Gasteiger partial charge in [-0.05, 0) is 24.3 Å². The summed E-state index contributed by atoms with van der Waals surface area (Å²) >= 11 is 4.92. The predicted molar refractivity (Wildman–Crippen MR) is 82.5 cm³/mol. The molecule has 0 aliphatic carbocycles. The highest BCUT2D eigenvalue weighted by Gasteiger charge is 2.22. The molecule has 0 saturated heterocycles. The molecule has 1 aromatic carbocycles. The summed E-state index contributed by atoms with van der Waals surface area (Å²) < 4.78 is 22.6. The lowest BCUT2D eigenvalue weighted by Crippen LogP contribution is -2.41. The van der Waals surface area contributed by atoms with Gasteiger partial charge in [0.05, 0.1) is 9.88 Å². The lowest BCUT2D eigenvalue weighted by molar-refractivity contribution is 0.0945. The molecule has 0 fully saturated rings. The summed E-state index contributed by atoms with van der Waals surface area (Å²) in [5, 5.41) is 2.72. The minimum atomic E-state index is -3.26. The minimum absolute atomic E-state index is 0.178. The molecule has 1 aromatic rings. The Balaban J connectivity index is 2.77. The Morgan fingerprint density at radius 3 is 2.20 bits per heavy atom. The van der Waals surface area contributed by atoms with Crippen molar-refractivity contribution in [1.82, 2.24) is 5.32 Å². The van der Waals surface area contributed by atoms with E-state index in [0.29, 0.717) is 17.1 Å². The summed E-state index contributed by atoms with van der Waals surface area (Å²) in [4.78, 5) is 12.4. The monoisotopic (exact) mass is 314 g/mol. The summed E-state index contributed by atoms with van der Waals surface area (Å²) in [6.07, 6.45) is 1.12. The van der Waals surface area contributed by atoms with Gasteiger partial charge in [-0.3, -0.25) is 4.79 Å². The zero-order valence-corrected chi connectivity index (χ0v) is 13.3. The highest BCUT2D eigenvalue weighted by Crippen LogP contribution is 2.14. The average molecular weight is 314 g/mol. The first-order valence-corrected chi connectivity index (χ1v) is 8.22. The molecule has 1 rings (SSSR count). The number of benzene rings is 1. The number of hydrogen-bond donors (Lipinski definition) is 2. The fourth-order valence-electron chi connectivity index (χ4n) is 1.34. The molecule has 1 amide bonds. The molecule has 0 aromatic heterocycles. The molecule has 0 aliphatic rings. The van der Waals surface area contributed by atoms with Crippen molar-refractivity contribution in [3.63, 3.8) is 0 Å². The number of amides is 1. The molecule has 110 valence electrons. The third-order valence-corrected chi connectivity index (χ3v) is 4.58. The number of carbonyl (C=O) groups excluding carboxylic acids is 1. The maximum absolute atomic E-state index is 11.9. The number of rotatable bonds is 5. The highest BCUT2D eigenvalue weighted by atomic mass is 32.2. The number of carbonyl (C=O) groups is 1. The van der Waals surface area contributed by atoms with Gasteiger partial charge in [-0.25, -0.2) is 8.42 Å². The van der Waals surface area contributed by atoms with Gasteiger partial charge in [-0.2, -0.15) is 0 Å². The number of sulfone groups is 1. The fourth-order valence-corrected chi connectivity index (χ4v) is 2.05. The zero-order valence-electron chi connectivity index (χ0n) is 11.6. The standard InChI is InChI=1S/C13H18N2O3S2/c1-13(2,12(14)19)8-15-11(16)9-4-6-10(7-5-9)20(3,17)18/h4-7H,8H2,1-3H3,(H2,14,19)(H,15,16). The Labute approximate surface area is 124 Å². The van der Waals surface area contributed by atoms with Gasteiger partial charge in [-0.15, -0.1) is 0 Å². The van der Waals surface area contributed by atoms with E-state index in [2.05, 4.69) is 5.32 Å². The van der Waals surface area contributed by atoms with E-state index in [0.717, 1.165) is 6.26 Å². The summed E-state index contributed by atoms with van der Waals surface area (Å²) in [5.41, 5.74) is 5.49. The van der Waals surface area contributed by atoms with Crippen molar-refractivity contribution in [1.29, 1.82) is 0 Å². The molecule has 20 heavy (non-hydrogen) atoms. The van der Waals surface area contributed by atoms with Crippen LogP contribution in [0, 0.1) is 5.41 Å². The molecule has 7 heteroatoms. The molecule has 0 radical (unpaired) electrons. The number of nitrogens with two attached hydrogens (primary N) is 1. The van der Waals surface area contributed by atoms with E-state index in [-0.39, 0.29) is 10.8 Å². The molecular weight excluding hydrogens is 296 g/mol. The molecule has 3 N–H and O–H groups in total. The third kappa shape index (κ3) is 4.28. The topological polar surface area (TPSA) is 89.3 Å². The van der Waals surface area contributed by atoms with Crippen LogP contribution in [0.2, 0.25) is 0 Å². The molecule has 0 spiro atoms. The van der Waals surface area contributed by atoms with Gasteiger partial charge in [0.15, 0.2) is 9.84 Å². The van der Waals surface area contributed by atoms with Crippen LogP contribution in [0.25, 0.3) is 0 Å². The summed E-state index contributed by atoms with van der Waals surface area (Å²) in [6.45, 7) is 3.99. The van der Waals surface area contributed by atoms with Crippen LogP contribution in [0.4, 0.5) is 0 Å². The maximum Gasteiger partial charge on any atom is 0.251 e. The predicted octanol–water partition coefficient (Wildman–Crippen LogP) is 1.13. The Morgan fingerprint density at radius 1 is 1.30 bits per heavy atom. The first-order valence-electron chi connectivity index (χ1n) is 5.92. The van der Waals surface area contributed by atoms with Gasteiger partial charge in [-0.1, -0.05) is 26.1 Å². The first-order chi connectivity index (χ1) is 9.04. The molecule has 0 unspecified atom stereocenters. The minimum Gasteiger partial charge on any atom is -0.393 e. The molecule has 5 nitrogen and oxygen atoms in total. The van der Waals surface area contributed by atoms with Gasteiger partial charge in [0.25, 0.3) is 5.91 Å². The van der Waals surface area contributed by atoms with Crippen LogP contribution in [-0.2, 0) is 9.84 Å². The summed E-state index contributed by atoms with van der Waals surface area (Å²) in [6, 6.07) is 5.75. The van der Waals surface area contributed by atoms with Crippen LogP contribution in [0.3, 0.4) is 0 Å². The number of thiocarbonyl (C=S) groups is 1. The van der Waals surface area contributed by atoms with Crippen LogP contribution >= 0.6 is 12.2 Å². The van der Waals surface area contributed by atoms with E-state index < -0.39 is 15.3 Å². The van der Waals surface area contributed by atoms with E-state index in [1.165, 1.54) is 24.3 Å². The molecule has 0 saturated carbocycles. The SMILES string of the molecule is CC(C)(CNC(=O)c1ccc(S(C)(=O)=O)cc1)C(N)=S. The molecule has 0 aliphatic heterocycles. The second kappa shape index (κ2) is 5.88. The molecular formula is C13H18N2O3S2. The summed E-state index contributed by atoms with van der Waals surface area (Å²) in [5.74, 6) is -0.297. The highest BCUT2D eigenvalue weighted by molar-refractivity contribution is 7.90. The van der Waals surface area contributed by atoms with E-state index in [9.17, 15) is 13.2 Å². The van der Waals surface area contributed by atoms with E-state index >= 15 is 0 Å². The van der Waals surface area contributed by atoms with E-state index in [4.69, 9.17) is 18.0 Å². The maximum atomic E-state index is 11.9. The van der Waals surface area contributed by atoms with Crippen molar-refractivity contribution in [2.24, 2.45) is 11.1 Å². The Bertz CT molecular complexity index is 620. The molecule has 0 bridgehead atoms. The van der Waals surface area contributed by atoms with Gasteiger partial charge in [0, 0.05) is 23.8 Å². The Hall–Kier alpha value is -1.47. The molecule has 0 heterocycles. The zero-order chi connectivity index (χ0) is 15.6.